The Labute approximate surface area is 338 Å². The Hall–Kier alpha value is -6.82. The molecule has 0 saturated carbocycles. The predicted octanol–water partition coefficient (Wildman–Crippen LogP) is 5.20. The fraction of sp³-hybridized carbons (Fsp3) is 0. The minimum absolute atomic E-state index is 0.0101. The lowest BCUT2D eigenvalue weighted by molar-refractivity contribution is 0.0992. The van der Waals surface area contributed by atoms with Crippen molar-refractivity contribution in [3.63, 3.8) is 0 Å². The molecule has 0 bridgehead atoms. The average molecular weight is 866 g/mol. The number of amides is 2. The number of primary amides is 2. The van der Waals surface area contributed by atoms with Crippen LogP contribution in [0.1, 0.15) is 31.8 Å². The normalized spacial score (nSPS) is 11.6. The molecule has 0 aliphatic rings. The second kappa shape index (κ2) is 16.7. The van der Waals surface area contributed by atoms with Gasteiger partial charge in [0.15, 0.2) is 0 Å². The first kappa shape index (κ1) is 40.8. The van der Waals surface area contributed by atoms with E-state index < -0.39 is 41.8 Å². The number of nitrogens with zero attached hydrogens (tertiary/aromatic N) is 6. The molecule has 2 heterocycles. The van der Waals surface area contributed by atoms with Crippen molar-refractivity contribution in [2.24, 2.45) is 11.5 Å². The molecule has 0 aliphatic carbocycles. The fourth-order valence-corrected chi connectivity index (χ4v) is 6.74. The maximum Gasteiger partial charge on any atom is 0.295 e. The molecule has 296 valence electrons. The van der Waals surface area contributed by atoms with Gasteiger partial charge < -0.3 is 32.7 Å². The summed E-state index contributed by atoms with van der Waals surface area (Å²) in [5, 5.41) is 10.9. The topological polar surface area (TPSA) is 320 Å². The zero-order valence-corrected chi connectivity index (χ0v) is 32.1. The van der Waals surface area contributed by atoms with E-state index in [1.807, 2.05) is 0 Å². The summed E-state index contributed by atoms with van der Waals surface area (Å²) in [7, 11) is -9.76. The second-order valence-electron chi connectivity index (χ2n) is 11.7. The van der Waals surface area contributed by atoms with Crippen LogP contribution in [-0.2, 0) is 20.2 Å². The maximum atomic E-state index is 12.5. The van der Waals surface area contributed by atoms with Crippen LogP contribution in [-0.4, -0.2) is 67.7 Å². The molecule has 0 radical (unpaired) electrons. The van der Waals surface area contributed by atoms with E-state index in [9.17, 15) is 35.5 Å². The Kier molecular flexibility index (Phi) is 11.8. The monoisotopic (exact) mass is 864 g/mol. The number of nitrogens with one attached hydrogen (secondary N) is 4. The Morgan fingerprint density at radius 2 is 0.793 bits per heavy atom. The average Bonchev–Trinajstić information content (AvgIpc) is 3.14. The summed E-state index contributed by atoms with van der Waals surface area (Å²) in [6.07, 6.45) is 2.41. The highest BCUT2D eigenvalue weighted by atomic mass is 35.5. The van der Waals surface area contributed by atoms with Crippen molar-refractivity contribution in [2.75, 3.05) is 21.3 Å². The minimum atomic E-state index is -4.88. The molecule has 58 heavy (non-hydrogen) atoms. The molecular weight excluding hydrogens is 839 g/mol. The zero-order chi connectivity index (χ0) is 41.8. The van der Waals surface area contributed by atoms with Gasteiger partial charge in [0.2, 0.25) is 46.2 Å². The van der Waals surface area contributed by atoms with Crippen molar-refractivity contribution in [1.82, 2.24) is 29.9 Å². The molecule has 0 atom stereocenters. The van der Waals surface area contributed by atoms with Crippen LogP contribution in [0.15, 0.2) is 94.7 Å². The first-order chi connectivity index (χ1) is 27.4. The van der Waals surface area contributed by atoms with Crippen molar-refractivity contribution in [3.05, 3.63) is 118 Å². The number of aromatic nitrogens is 6. The molecule has 0 aliphatic heterocycles. The van der Waals surface area contributed by atoms with Gasteiger partial charge in [-0.2, -0.15) is 46.7 Å². The number of carbonyl (C=O) groups is 2. The van der Waals surface area contributed by atoms with Gasteiger partial charge in [-0.3, -0.25) is 18.7 Å². The number of rotatable bonds is 14. The lowest BCUT2D eigenvalue weighted by atomic mass is 10.1. The standard InChI is InChI=1S/C34H26Cl2N12O8S2/c35-29-43-31(39-21-9-5-19(6-10-21)27(37)49)47-33(45-29)41-23-13-3-17(25(15-23)57(51,52)53)1-2-18-4-14-24(16-26(18)58(54,55)56)42-34-46-30(36)44-32(48-34)40-22-11-7-20(8-12-22)28(38)50/h1-16H,(H2,37,49)(H2,38,50)(H,51,52,53)(H,54,55,56)(H2,39,41,43,45,47)(H2,40,42,44,46,48)/b2-1+. The molecule has 2 aromatic heterocycles. The Morgan fingerprint density at radius 3 is 1.09 bits per heavy atom. The summed E-state index contributed by atoms with van der Waals surface area (Å²) in [5.41, 5.74) is 12.1. The SMILES string of the molecule is NC(=O)c1ccc(Nc2nc(Cl)nc(Nc3ccc(/C=C/c4ccc(Nc5nc(Cl)nc(Nc6ccc(C(N)=O)cc6)n5)cc4S(=O)(=O)O)c(S(=O)(=O)O)c3)n2)cc1. The third kappa shape index (κ3) is 10.5. The number of carbonyl (C=O) groups excluding carboxylic acids is 2. The molecule has 4 aromatic carbocycles. The van der Waals surface area contributed by atoms with Crippen LogP contribution in [0.3, 0.4) is 0 Å². The molecule has 0 unspecified atom stereocenters. The summed E-state index contributed by atoms with van der Waals surface area (Å²) >= 11 is 12.2. The summed E-state index contributed by atoms with van der Waals surface area (Å²) in [6.45, 7) is 0. The third-order valence-electron chi connectivity index (χ3n) is 7.61. The van der Waals surface area contributed by atoms with Gasteiger partial charge in [0.1, 0.15) is 9.79 Å². The van der Waals surface area contributed by atoms with Gasteiger partial charge >= 0.3 is 0 Å². The summed E-state index contributed by atoms with van der Waals surface area (Å²) in [6, 6.07) is 19.7. The van der Waals surface area contributed by atoms with Crippen molar-refractivity contribution < 1.29 is 35.5 Å². The first-order valence-corrected chi connectivity index (χ1v) is 19.7. The molecule has 6 rings (SSSR count). The third-order valence-corrected chi connectivity index (χ3v) is 9.76. The molecule has 2 amide bonds. The molecule has 0 fully saturated rings. The van der Waals surface area contributed by atoms with E-state index in [0.29, 0.717) is 11.4 Å². The van der Waals surface area contributed by atoms with Crippen molar-refractivity contribution in [3.8, 4) is 0 Å². The van der Waals surface area contributed by atoms with E-state index in [1.165, 1.54) is 60.7 Å². The van der Waals surface area contributed by atoms with Gasteiger partial charge in [0.25, 0.3) is 20.2 Å². The van der Waals surface area contributed by atoms with E-state index in [1.54, 1.807) is 24.3 Å². The summed E-state index contributed by atoms with van der Waals surface area (Å²) in [4.78, 5) is 45.9. The van der Waals surface area contributed by atoms with Gasteiger partial charge in [0, 0.05) is 33.9 Å². The number of benzene rings is 4. The van der Waals surface area contributed by atoms with E-state index >= 15 is 0 Å². The highest BCUT2D eigenvalue weighted by Gasteiger charge is 2.19. The van der Waals surface area contributed by atoms with Crippen molar-refractivity contribution in [2.45, 2.75) is 9.79 Å². The van der Waals surface area contributed by atoms with Gasteiger partial charge in [-0.15, -0.1) is 0 Å². The minimum Gasteiger partial charge on any atom is -0.366 e. The largest absolute Gasteiger partial charge is 0.366 e. The zero-order valence-electron chi connectivity index (χ0n) is 29.0. The highest BCUT2D eigenvalue weighted by Crippen LogP contribution is 2.29. The Bertz CT molecular complexity index is 2640. The number of hydrogen-bond acceptors (Lipinski definition) is 16. The molecule has 20 nitrogen and oxygen atoms in total. The quantitative estimate of drug-likeness (QED) is 0.0515. The highest BCUT2D eigenvalue weighted by molar-refractivity contribution is 7.86. The Balaban J connectivity index is 1.22. The van der Waals surface area contributed by atoms with Crippen LogP contribution in [0.5, 0.6) is 0 Å². The molecule has 10 N–H and O–H groups in total. The Morgan fingerprint density at radius 1 is 0.500 bits per heavy atom. The van der Waals surface area contributed by atoms with Crippen LogP contribution in [0, 0.1) is 0 Å². The van der Waals surface area contributed by atoms with Crippen LogP contribution >= 0.6 is 23.2 Å². The lowest BCUT2D eigenvalue weighted by Gasteiger charge is -2.11. The smallest absolute Gasteiger partial charge is 0.295 e. The molecule has 0 saturated heterocycles. The molecule has 0 spiro atoms. The number of nitrogens with two attached hydrogens (primary N) is 2. The number of hydrogen-bond donors (Lipinski definition) is 8. The first-order valence-electron chi connectivity index (χ1n) is 16.0. The van der Waals surface area contributed by atoms with E-state index in [-0.39, 0.29) is 68.0 Å². The second-order valence-corrected chi connectivity index (χ2v) is 15.1. The van der Waals surface area contributed by atoms with E-state index in [2.05, 4.69) is 51.2 Å². The number of halogens is 2. The van der Waals surface area contributed by atoms with Gasteiger partial charge in [-0.05, 0) is 107 Å². The summed E-state index contributed by atoms with van der Waals surface area (Å²) in [5.74, 6) is -1.47. The van der Waals surface area contributed by atoms with Crippen LogP contribution in [0.4, 0.5) is 46.5 Å². The lowest BCUT2D eigenvalue weighted by Crippen LogP contribution is -2.10. The van der Waals surface area contributed by atoms with E-state index in [4.69, 9.17) is 34.7 Å². The van der Waals surface area contributed by atoms with Crippen LogP contribution in [0.2, 0.25) is 10.6 Å². The van der Waals surface area contributed by atoms with Crippen molar-refractivity contribution in [1.29, 1.82) is 0 Å². The summed E-state index contributed by atoms with van der Waals surface area (Å²) < 4.78 is 70.1. The predicted molar refractivity (Wildman–Crippen MR) is 214 cm³/mol. The van der Waals surface area contributed by atoms with Crippen molar-refractivity contribution >= 4 is 114 Å². The number of anilines is 8. The van der Waals surface area contributed by atoms with Gasteiger partial charge in [0.05, 0.1) is 0 Å². The van der Waals surface area contributed by atoms with Gasteiger partial charge in [-0.25, -0.2) is 0 Å². The maximum absolute atomic E-state index is 12.5. The van der Waals surface area contributed by atoms with Gasteiger partial charge in [-0.1, -0.05) is 24.3 Å². The van der Waals surface area contributed by atoms with Crippen LogP contribution in [0.25, 0.3) is 12.2 Å². The molecule has 24 heteroatoms. The van der Waals surface area contributed by atoms with Crippen LogP contribution < -0.4 is 32.7 Å². The van der Waals surface area contributed by atoms with E-state index in [0.717, 1.165) is 12.1 Å². The molecule has 6 aromatic rings. The molecular formula is C34H26Cl2N12O8S2. The fourth-order valence-electron chi connectivity index (χ4n) is 5.00.